The number of aromatic nitrogens is 2. The molecule has 5 rings (SSSR count). The number of nitrogens with one attached hydrogen (secondary N) is 1. The van der Waals surface area contributed by atoms with E-state index in [0.29, 0.717) is 23.2 Å². The van der Waals surface area contributed by atoms with E-state index in [9.17, 15) is 19.6 Å². The van der Waals surface area contributed by atoms with E-state index in [2.05, 4.69) is 16.4 Å². The molecular weight excluding hydrogens is 454 g/mol. The summed E-state index contributed by atoms with van der Waals surface area (Å²) in [5.41, 5.74) is 1.46. The lowest BCUT2D eigenvalue weighted by atomic mass is 9.80. The Morgan fingerprint density at radius 1 is 1.17 bits per heavy atom. The minimum absolute atomic E-state index is 0.0975. The molecule has 1 spiro atoms. The van der Waals surface area contributed by atoms with Gasteiger partial charge in [-0.15, -0.1) is 0 Å². The van der Waals surface area contributed by atoms with Crippen molar-refractivity contribution in [3.63, 3.8) is 0 Å². The predicted octanol–water partition coefficient (Wildman–Crippen LogP) is 3.51. The van der Waals surface area contributed by atoms with E-state index in [4.69, 9.17) is 0 Å². The highest BCUT2D eigenvalue weighted by molar-refractivity contribution is 6.07. The van der Waals surface area contributed by atoms with Crippen LogP contribution < -0.4 is 10.9 Å². The number of likely N-dealkylation sites (tertiary alicyclic amines) is 1. The zero-order chi connectivity index (χ0) is 25.4. The van der Waals surface area contributed by atoms with Crippen LogP contribution in [0, 0.1) is 17.2 Å². The van der Waals surface area contributed by atoms with Crippen molar-refractivity contribution in [1.82, 2.24) is 14.5 Å². The van der Waals surface area contributed by atoms with Gasteiger partial charge < -0.3 is 14.8 Å². The summed E-state index contributed by atoms with van der Waals surface area (Å²) in [4.78, 5) is 46.3. The molecule has 4 heterocycles. The molecule has 0 saturated carbocycles. The normalized spacial score (nSPS) is 21.3. The van der Waals surface area contributed by atoms with Crippen molar-refractivity contribution < 1.29 is 9.59 Å². The molecule has 182 valence electrons. The molecule has 1 fully saturated rings. The van der Waals surface area contributed by atoms with Crippen molar-refractivity contribution in [2.24, 2.45) is 5.92 Å². The number of rotatable bonds is 5. The standard InChI is InChI=1S/C28H27N5O3/c1-18(2)14-24(32-13-5-6-21(25(32)34)19-9-11-30-12-10-19)26(35)33-17-28(15-20(33)16-29)22-7-3-4-8-23(22)31-27(28)36/h3-13,18,20,24H,14-15,17H2,1-2H3,(H,31,36)/t20?,24?,28-/m0/s1. The van der Waals surface area contributed by atoms with Crippen LogP contribution in [0.15, 0.2) is 71.9 Å². The van der Waals surface area contributed by atoms with Crippen molar-refractivity contribution in [1.29, 1.82) is 5.26 Å². The summed E-state index contributed by atoms with van der Waals surface area (Å²) in [6.45, 7) is 4.08. The summed E-state index contributed by atoms with van der Waals surface area (Å²) < 4.78 is 1.47. The van der Waals surface area contributed by atoms with E-state index >= 15 is 0 Å². The minimum atomic E-state index is -0.973. The fourth-order valence-corrected chi connectivity index (χ4v) is 5.46. The molecule has 1 N–H and O–H groups in total. The molecule has 36 heavy (non-hydrogen) atoms. The van der Waals surface area contributed by atoms with Crippen molar-refractivity contribution in [2.75, 3.05) is 11.9 Å². The SMILES string of the molecule is CC(C)CC(C(=O)N1C[C@]2(CC1C#N)C(=O)Nc1ccccc12)n1cccc(-c2ccncc2)c1=O. The average molecular weight is 482 g/mol. The number of benzene rings is 1. The first kappa shape index (κ1) is 23.5. The number of para-hydroxylation sites is 1. The van der Waals surface area contributed by atoms with Crippen molar-refractivity contribution in [2.45, 2.75) is 44.2 Å². The lowest BCUT2D eigenvalue weighted by Crippen LogP contribution is -2.45. The molecule has 2 unspecified atom stereocenters. The molecule has 2 aromatic heterocycles. The smallest absolute Gasteiger partial charge is 0.259 e. The van der Waals surface area contributed by atoms with E-state index in [0.717, 1.165) is 5.56 Å². The molecule has 8 nitrogen and oxygen atoms in total. The first-order valence-corrected chi connectivity index (χ1v) is 12.1. The minimum Gasteiger partial charge on any atom is -0.325 e. The third-order valence-corrected chi connectivity index (χ3v) is 7.20. The van der Waals surface area contributed by atoms with E-state index in [1.165, 1.54) is 9.47 Å². The van der Waals surface area contributed by atoms with Gasteiger partial charge in [-0.05, 0) is 53.8 Å². The molecule has 2 aliphatic heterocycles. The maximum absolute atomic E-state index is 14.1. The first-order valence-electron chi connectivity index (χ1n) is 12.1. The molecule has 3 aromatic rings. The molecule has 3 atom stereocenters. The number of hydrogen-bond acceptors (Lipinski definition) is 5. The summed E-state index contributed by atoms with van der Waals surface area (Å²) in [5.74, 6) is -0.405. The predicted molar refractivity (Wildman–Crippen MR) is 135 cm³/mol. The maximum atomic E-state index is 14.1. The van der Waals surface area contributed by atoms with E-state index in [1.54, 1.807) is 42.9 Å². The van der Waals surface area contributed by atoms with Gasteiger partial charge in [0.15, 0.2) is 0 Å². The summed E-state index contributed by atoms with van der Waals surface area (Å²) in [7, 11) is 0. The molecule has 0 aliphatic carbocycles. The summed E-state index contributed by atoms with van der Waals surface area (Å²) in [6, 6.07) is 15.1. The van der Waals surface area contributed by atoms with Crippen LogP contribution in [-0.4, -0.2) is 38.9 Å². The van der Waals surface area contributed by atoms with Gasteiger partial charge in [0.05, 0.1) is 11.5 Å². The zero-order valence-corrected chi connectivity index (χ0v) is 20.2. The number of nitriles is 1. The number of fused-ring (bicyclic) bond motifs is 2. The van der Waals surface area contributed by atoms with Gasteiger partial charge >= 0.3 is 0 Å². The van der Waals surface area contributed by atoms with Crippen molar-refractivity contribution >= 4 is 17.5 Å². The molecule has 1 saturated heterocycles. The Hall–Kier alpha value is -4.25. The Morgan fingerprint density at radius 3 is 2.64 bits per heavy atom. The summed E-state index contributed by atoms with van der Waals surface area (Å²) in [6.07, 6.45) is 5.51. The fraction of sp³-hybridized carbons (Fsp3) is 0.321. The van der Waals surface area contributed by atoms with Crippen LogP contribution in [0.4, 0.5) is 5.69 Å². The van der Waals surface area contributed by atoms with Gasteiger partial charge in [-0.2, -0.15) is 5.26 Å². The molecule has 8 heteroatoms. The average Bonchev–Trinajstić information content (AvgIpc) is 3.41. The third kappa shape index (κ3) is 3.77. The Morgan fingerprint density at radius 2 is 1.92 bits per heavy atom. The number of carbonyl (C=O) groups is 2. The topological polar surface area (TPSA) is 108 Å². The summed E-state index contributed by atoms with van der Waals surface area (Å²) in [5, 5.41) is 12.9. The quantitative estimate of drug-likeness (QED) is 0.600. The highest BCUT2D eigenvalue weighted by Crippen LogP contribution is 2.46. The Kier molecular flexibility index (Phi) is 5.92. The van der Waals surface area contributed by atoms with Gasteiger partial charge in [-0.1, -0.05) is 32.0 Å². The number of anilines is 1. The molecule has 1 aromatic carbocycles. The molecule has 0 bridgehead atoms. The molecule has 2 amide bonds. The number of hydrogen-bond donors (Lipinski definition) is 1. The summed E-state index contributed by atoms with van der Waals surface area (Å²) >= 11 is 0. The van der Waals surface area contributed by atoms with Crippen LogP contribution >= 0.6 is 0 Å². The van der Waals surface area contributed by atoms with Gasteiger partial charge in [-0.3, -0.25) is 19.4 Å². The number of carbonyl (C=O) groups excluding carboxylic acids is 2. The van der Waals surface area contributed by atoms with Crippen LogP contribution in [0.25, 0.3) is 11.1 Å². The van der Waals surface area contributed by atoms with Crippen molar-refractivity contribution in [3.8, 4) is 17.2 Å². The van der Waals surface area contributed by atoms with E-state index < -0.39 is 17.5 Å². The molecule has 0 radical (unpaired) electrons. The number of amides is 2. The highest BCUT2D eigenvalue weighted by atomic mass is 16.2. The fourth-order valence-electron chi connectivity index (χ4n) is 5.46. The van der Waals surface area contributed by atoms with Crippen LogP contribution in [0.5, 0.6) is 0 Å². The first-order chi connectivity index (χ1) is 17.4. The van der Waals surface area contributed by atoms with Crippen molar-refractivity contribution in [3.05, 3.63) is 83.0 Å². The number of pyridine rings is 2. The van der Waals surface area contributed by atoms with Crippen LogP contribution in [0.1, 0.15) is 38.3 Å². The van der Waals surface area contributed by atoms with Gasteiger partial charge in [0.1, 0.15) is 12.1 Å². The van der Waals surface area contributed by atoms with E-state index in [-0.39, 0.29) is 36.3 Å². The Labute approximate surface area is 209 Å². The second-order valence-corrected chi connectivity index (χ2v) is 9.91. The van der Waals surface area contributed by atoms with Crippen LogP contribution in [0.2, 0.25) is 0 Å². The second kappa shape index (κ2) is 9.08. The van der Waals surface area contributed by atoms with E-state index in [1.807, 2.05) is 38.1 Å². The van der Waals surface area contributed by atoms with Crippen LogP contribution in [0.3, 0.4) is 0 Å². The van der Waals surface area contributed by atoms with Gasteiger partial charge in [0.2, 0.25) is 11.8 Å². The van der Waals surface area contributed by atoms with Gasteiger partial charge in [0.25, 0.3) is 5.56 Å². The lowest BCUT2D eigenvalue weighted by Gasteiger charge is -2.29. The monoisotopic (exact) mass is 481 g/mol. The third-order valence-electron chi connectivity index (χ3n) is 7.20. The molecule has 2 aliphatic rings. The highest BCUT2D eigenvalue weighted by Gasteiger charge is 2.56. The maximum Gasteiger partial charge on any atom is 0.259 e. The molecular formula is C28H27N5O3. The Balaban J connectivity index is 1.55. The van der Waals surface area contributed by atoms with Gasteiger partial charge in [-0.25, -0.2) is 0 Å². The lowest BCUT2D eigenvalue weighted by molar-refractivity contribution is -0.135. The largest absolute Gasteiger partial charge is 0.325 e. The second-order valence-electron chi connectivity index (χ2n) is 9.91. The number of nitrogens with zero attached hydrogens (tertiary/aromatic N) is 4. The van der Waals surface area contributed by atoms with Crippen LogP contribution in [-0.2, 0) is 15.0 Å². The van der Waals surface area contributed by atoms with Gasteiger partial charge in [0, 0.05) is 42.8 Å². The zero-order valence-electron chi connectivity index (χ0n) is 20.2. The Bertz CT molecular complexity index is 1420.